The van der Waals surface area contributed by atoms with E-state index in [1.807, 2.05) is 12.1 Å². The number of thioether (sulfide) groups is 1. The fourth-order valence-corrected chi connectivity index (χ4v) is 2.73. The van der Waals surface area contributed by atoms with E-state index in [-0.39, 0.29) is 37.6 Å². The van der Waals surface area contributed by atoms with E-state index in [0.717, 1.165) is 11.8 Å². The summed E-state index contributed by atoms with van der Waals surface area (Å²) in [6.07, 6.45) is 0.417. The molecule has 0 aliphatic heterocycles. The van der Waals surface area contributed by atoms with Crippen LogP contribution < -0.4 is 0 Å². The standard InChI is InChI=1S/C16H15FN6OS/c17-13-6-2-1-5-12(13)15-20-16(22-21-15)25-11-14(24)23(9-3-7-18)10-4-8-19/h1-2,5-6H,3-4,9-11H2,(H,20,21,22). The molecule has 0 spiro atoms. The molecular formula is C16H15FN6OS. The van der Waals surface area contributed by atoms with Gasteiger partial charge in [0.05, 0.1) is 36.3 Å². The van der Waals surface area contributed by atoms with Crippen molar-refractivity contribution in [3.8, 4) is 23.5 Å². The molecule has 1 amide bonds. The Bertz CT molecular complexity index is 791. The minimum atomic E-state index is -0.412. The minimum Gasteiger partial charge on any atom is -0.340 e. The highest BCUT2D eigenvalue weighted by Gasteiger charge is 2.16. The second-order valence-electron chi connectivity index (χ2n) is 4.93. The molecule has 1 heterocycles. The third-order valence-corrected chi connectivity index (χ3v) is 4.09. The zero-order valence-electron chi connectivity index (χ0n) is 13.3. The third-order valence-electron chi connectivity index (χ3n) is 3.26. The van der Waals surface area contributed by atoms with Gasteiger partial charge in [-0.15, -0.1) is 5.10 Å². The lowest BCUT2D eigenvalue weighted by Crippen LogP contribution is -2.34. The van der Waals surface area contributed by atoms with Crippen LogP contribution in [0.3, 0.4) is 0 Å². The van der Waals surface area contributed by atoms with Crippen LogP contribution in [0.1, 0.15) is 12.8 Å². The number of nitrogens with one attached hydrogen (secondary N) is 1. The molecule has 0 radical (unpaired) electrons. The van der Waals surface area contributed by atoms with Gasteiger partial charge in [-0.25, -0.2) is 9.37 Å². The van der Waals surface area contributed by atoms with Gasteiger partial charge in [0.15, 0.2) is 5.82 Å². The Morgan fingerprint density at radius 3 is 2.56 bits per heavy atom. The Hall–Kier alpha value is -2.91. The topological polar surface area (TPSA) is 109 Å². The van der Waals surface area contributed by atoms with Crippen LogP contribution >= 0.6 is 11.8 Å². The summed E-state index contributed by atoms with van der Waals surface area (Å²) in [7, 11) is 0. The fourth-order valence-electron chi connectivity index (χ4n) is 2.03. The fraction of sp³-hybridized carbons (Fsp3) is 0.312. The Kier molecular flexibility index (Phi) is 6.93. The number of amides is 1. The number of hydrogen-bond donors (Lipinski definition) is 1. The van der Waals surface area contributed by atoms with Gasteiger partial charge in [-0.3, -0.25) is 9.89 Å². The van der Waals surface area contributed by atoms with Gasteiger partial charge in [0.1, 0.15) is 5.82 Å². The van der Waals surface area contributed by atoms with Crippen LogP contribution in [0.25, 0.3) is 11.4 Å². The molecule has 0 atom stereocenters. The van der Waals surface area contributed by atoms with E-state index in [2.05, 4.69) is 15.2 Å². The Morgan fingerprint density at radius 1 is 1.24 bits per heavy atom. The summed E-state index contributed by atoms with van der Waals surface area (Å²) in [6.45, 7) is 0.568. The highest BCUT2D eigenvalue weighted by atomic mass is 32.2. The summed E-state index contributed by atoms with van der Waals surface area (Å²) in [6, 6.07) is 10.2. The molecular weight excluding hydrogens is 343 g/mol. The molecule has 25 heavy (non-hydrogen) atoms. The Balaban J connectivity index is 1.96. The van der Waals surface area contributed by atoms with Gasteiger partial charge in [0.2, 0.25) is 11.1 Å². The Morgan fingerprint density at radius 2 is 1.92 bits per heavy atom. The van der Waals surface area contributed by atoms with E-state index in [0.29, 0.717) is 16.5 Å². The SMILES string of the molecule is N#CCCN(CCC#N)C(=O)CSc1n[nH]c(-c2ccccc2F)n1. The smallest absolute Gasteiger partial charge is 0.233 e. The zero-order chi connectivity index (χ0) is 18.1. The van der Waals surface area contributed by atoms with Gasteiger partial charge in [0.25, 0.3) is 0 Å². The van der Waals surface area contributed by atoms with Crippen LogP contribution in [0.5, 0.6) is 0 Å². The first-order valence-electron chi connectivity index (χ1n) is 7.47. The van der Waals surface area contributed by atoms with E-state index in [4.69, 9.17) is 10.5 Å². The summed E-state index contributed by atoms with van der Waals surface area (Å²) in [5, 5.41) is 24.3. The van der Waals surface area contributed by atoms with Gasteiger partial charge in [-0.2, -0.15) is 10.5 Å². The molecule has 0 saturated carbocycles. The molecule has 0 aliphatic rings. The summed E-state index contributed by atoms with van der Waals surface area (Å²) in [5.74, 6) is -0.247. The normalized spacial score (nSPS) is 10.0. The number of aromatic nitrogens is 3. The van der Waals surface area contributed by atoms with Gasteiger partial charge in [-0.1, -0.05) is 23.9 Å². The van der Waals surface area contributed by atoms with Gasteiger partial charge in [-0.05, 0) is 12.1 Å². The lowest BCUT2D eigenvalue weighted by Gasteiger charge is -2.19. The summed E-state index contributed by atoms with van der Waals surface area (Å²) < 4.78 is 13.7. The van der Waals surface area contributed by atoms with Gasteiger partial charge >= 0.3 is 0 Å². The predicted molar refractivity (Wildman–Crippen MR) is 89.5 cm³/mol. The van der Waals surface area contributed by atoms with E-state index < -0.39 is 5.82 Å². The largest absolute Gasteiger partial charge is 0.340 e. The number of nitriles is 2. The number of carbonyl (C=O) groups is 1. The highest BCUT2D eigenvalue weighted by molar-refractivity contribution is 7.99. The molecule has 2 aromatic rings. The maximum atomic E-state index is 13.7. The predicted octanol–water partition coefficient (Wildman–Crippen LogP) is 2.36. The number of benzene rings is 1. The highest BCUT2D eigenvalue weighted by Crippen LogP contribution is 2.21. The first-order chi connectivity index (χ1) is 12.2. The van der Waals surface area contributed by atoms with Crippen molar-refractivity contribution in [1.29, 1.82) is 10.5 Å². The van der Waals surface area contributed by atoms with Crippen LogP contribution in [0, 0.1) is 28.5 Å². The number of nitrogens with zero attached hydrogens (tertiary/aromatic N) is 5. The lowest BCUT2D eigenvalue weighted by atomic mass is 10.2. The molecule has 1 aromatic carbocycles. The molecule has 0 bridgehead atoms. The Labute approximate surface area is 148 Å². The van der Waals surface area contributed by atoms with Gasteiger partial charge < -0.3 is 4.90 Å². The third kappa shape index (κ3) is 5.30. The minimum absolute atomic E-state index is 0.0748. The zero-order valence-corrected chi connectivity index (χ0v) is 14.1. The summed E-state index contributed by atoms with van der Waals surface area (Å²) in [4.78, 5) is 17.9. The summed E-state index contributed by atoms with van der Waals surface area (Å²) >= 11 is 1.11. The number of H-pyrrole nitrogens is 1. The number of carbonyl (C=O) groups excluding carboxylic acids is 1. The van der Waals surface area contributed by atoms with Crippen LogP contribution in [-0.2, 0) is 4.79 Å². The van der Waals surface area contributed by atoms with Crippen molar-refractivity contribution in [3.63, 3.8) is 0 Å². The van der Waals surface area contributed by atoms with Crippen molar-refractivity contribution >= 4 is 17.7 Å². The van der Waals surface area contributed by atoms with Crippen molar-refractivity contribution in [2.24, 2.45) is 0 Å². The molecule has 0 saturated heterocycles. The van der Waals surface area contributed by atoms with Crippen LogP contribution in [0.2, 0.25) is 0 Å². The molecule has 7 nitrogen and oxygen atoms in total. The monoisotopic (exact) mass is 358 g/mol. The van der Waals surface area contributed by atoms with E-state index in [9.17, 15) is 9.18 Å². The van der Waals surface area contributed by atoms with E-state index >= 15 is 0 Å². The molecule has 2 rings (SSSR count). The van der Waals surface area contributed by atoms with Crippen LogP contribution in [0.15, 0.2) is 29.4 Å². The van der Waals surface area contributed by atoms with E-state index in [1.54, 1.807) is 18.2 Å². The molecule has 0 fully saturated rings. The molecule has 128 valence electrons. The van der Waals surface area contributed by atoms with Crippen molar-refractivity contribution in [3.05, 3.63) is 30.1 Å². The van der Waals surface area contributed by atoms with Crippen LogP contribution in [0.4, 0.5) is 4.39 Å². The molecule has 0 aliphatic carbocycles. The quantitative estimate of drug-likeness (QED) is 0.726. The van der Waals surface area contributed by atoms with Crippen molar-refractivity contribution in [2.75, 3.05) is 18.8 Å². The number of aromatic amines is 1. The lowest BCUT2D eigenvalue weighted by molar-refractivity contribution is -0.128. The summed E-state index contributed by atoms with van der Waals surface area (Å²) in [5.41, 5.74) is 0.304. The number of halogens is 1. The number of rotatable bonds is 8. The second-order valence-corrected chi connectivity index (χ2v) is 5.87. The first-order valence-corrected chi connectivity index (χ1v) is 8.46. The molecule has 9 heteroatoms. The maximum Gasteiger partial charge on any atom is 0.233 e. The maximum absolute atomic E-state index is 13.7. The van der Waals surface area contributed by atoms with Crippen molar-refractivity contribution < 1.29 is 9.18 Å². The van der Waals surface area contributed by atoms with E-state index in [1.165, 1.54) is 11.0 Å². The average Bonchev–Trinajstić information content (AvgIpc) is 3.09. The van der Waals surface area contributed by atoms with Gasteiger partial charge in [0, 0.05) is 13.1 Å². The molecule has 1 aromatic heterocycles. The average molecular weight is 358 g/mol. The first kappa shape index (κ1) is 18.4. The molecule has 0 unspecified atom stereocenters. The van der Waals surface area contributed by atoms with Crippen LogP contribution in [-0.4, -0.2) is 44.8 Å². The van der Waals surface area contributed by atoms with Crippen molar-refractivity contribution in [2.45, 2.75) is 18.0 Å². The van der Waals surface area contributed by atoms with Crippen molar-refractivity contribution in [1.82, 2.24) is 20.1 Å². The molecule has 1 N–H and O–H groups in total. The number of hydrogen-bond acceptors (Lipinski definition) is 6. The second kappa shape index (κ2) is 9.40.